The molecule has 0 spiro atoms. The molecule has 13 atom stereocenters. The van der Waals surface area contributed by atoms with Crippen molar-refractivity contribution in [2.45, 2.75) is 119 Å². The van der Waals surface area contributed by atoms with Gasteiger partial charge in [-0.3, -0.25) is 4.79 Å². The van der Waals surface area contributed by atoms with Crippen molar-refractivity contribution in [3.8, 4) is 0 Å². The molecule has 4 N–H and O–H groups in total. The third-order valence-corrected chi connectivity index (χ3v) is 10.0. The van der Waals surface area contributed by atoms with Gasteiger partial charge in [-0.25, -0.2) is 0 Å². The molecule has 0 aromatic heterocycles. The van der Waals surface area contributed by atoms with Gasteiger partial charge in [0.2, 0.25) is 0 Å². The predicted octanol–water partition coefficient (Wildman–Crippen LogP) is 1.60. The van der Waals surface area contributed by atoms with Crippen molar-refractivity contribution >= 4 is 28.6 Å². The van der Waals surface area contributed by atoms with Crippen LogP contribution in [0, 0.1) is 17.8 Å². The van der Waals surface area contributed by atoms with Crippen molar-refractivity contribution in [1.82, 2.24) is 9.80 Å². The third-order valence-electron chi connectivity index (χ3n) is 8.49. The van der Waals surface area contributed by atoms with Crippen LogP contribution in [-0.2, 0) is 19.0 Å². The van der Waals surface area contributed by atoms with Crippen LogP contribution in [0.25, 0.3) is 0 Å². The summed E-state index contributed by atoms with van der Waals surface area (Å²) in [5.41, 5.74) is -1.73. The number of rotatable bonds is 3. The Morgan fingerprint density at radius 2 is 1.68 bits per heavy atom. The fourth-order valence-electron chi connectivity index (χ4n) is 5.58. The van der Waals surface area contributed by atoms with Crippen molar-refractivity contribution in [3.05, 3.63) is 0 Å². The zero-order chi connectivity index (χ0) is 29.1. The van der Waals surface area contributed by atoms with E-state index >= 15 is 0 Å². The van der Waals surface area contributed by atoms with Crippen LogP contribution in [0.1, 0.15) is 60.8 Å². The summed E-state index contributed by atoms with van der Waals surface area (Å²) >= 11 is 1.81. The number of hydrogen-bond donors (Lipinski definition) is 4. The van der Waals surface area contributed by atoms with Gasteiger partial charge < -0.3 is 44.4 Å². The Bertz CT molecular complexity index is 759. The first-order valence-corrected chi connectivity index (χ1v) is 15.0. The van der Waals surface area contributed by atoms with Crippen LogP contribution < -0.4 is 0 Å². The summed E-state index contributed by atoms with van der Waals surface area (Å²) in [6.07, 6.45) is -2.85. The molecular weight excluding hydrogens is 607 g/mol. The summed E-state index contributed by atoms with van der Waals surface area (Å²) in [5.74, 6) is -2.29. The summed E-state index contributed by atoms with van der Waals surface area (Å²) in [6.45, 7) is 11.1. The minimum Gasteiger partial charge on any atom is -0.448 e. The standard InChI is InChI=1S/C27H51IN2O8/c1-14-10-20(31)23(37-21-12-19(29(7)8)11-15(2)36-21)16(3)22(32)17(4)25(34)38-26(28)27(6,35)24(33)18(5)30(9)13-14/h14-24,26,31-33,35H,10-13H2,1-9H3/t14-,15-,16+,17-,18-,19+,20+,21+,22+,23-,24-,26+,27+/m1/s1. The van der Waals surface area contributed by atoms with E-state index in [0.717, 1.165) is 6.42 Å². The predicted molar refractivity (Wildman–Crippen MR) is 153 cm³/mol. The Labute approximate surface area is 242 Å². The lowest BCUT2D eigenvalue weighted by Crippen LogP contribution is -2.57. The van der Waals surface area contributed by atoms with E-state index in [9.17, 15) is 25.2 Å². The number of halogens is 1. The monoisotopic (exact) mass is 658 g/mol. The highest BCUT2D eigenvalue weighted by atomic mass is 127. The van der Waals surface area contributed by atoms with Gasteiger partial charge in [0.1, 0.15) is 11.7 Å². The van der Waals surface area contributed by atoms with Crippen LogP contribution in [0.2, 0.25) is 0 Å². The van der Waals surface area contributed by atoms with E-state index in [0.29, 0.717) is 19.4 Å². The van der Waals surface area contributed by atoms with Crippen LogP contribution >= 0.6 is 22.6 Å². The van der Waals surface area contributed by atoms with Crippen LogP contribution in [0.3, 0.4) is 0 Å². The summed E-state index contributed by atoms with van der Waals surface area (Å²) < 4.78 is 17.0. The summed E-state index contributed by atoms with van der Waals surface area (Å²) in [5, 5.41) is 44.7. The van der Waals surface area contributed by atoms with Gasteiger partial charge in [0.25, 0.3) is 0 Å². The number of carbonyl (C=O) groups excluding carboxylic acids is 1. The largest absolute Gasteiger partial charge is 0.448 e. The Balaban J connectivity index is 2.38. The maximum absolute atomic E-state index is 13.0. The molecule has 2 fully saturated rings. The first kappa shape index (κ1) is 34.1. The SMILES string of the molecule is C[C@@H]1C[C@H](O)[C@H](O[C@H]2C[C@@H](N(C)C)C[C@@H](C)O2)[C@@H](C)[C@H](O)[C@@H](C)C(=O)O[C@H](I)[C@@](C)(O)[C@H](O)[C@@H](C)N(C)C1. The van der Waals surface area contributed by atoms with Gasteiger partial charge in [-0.2, -0.15) is 0 Å². The number of likely N-dealkylation sites (N-methyl/N-ethyl adjacent to an activating group) is 1. The van der Waals surface area contributed by atoms with Gasteiger partial charge in [-0.15, -0.1) is 0 Å². The minimum absolute atomic E-state index is 0.00148. The van der Waals surface area contributed by atoms with Crippen molar-refractivity contribution in [2.24, 2.45) is 17.8 Å². The Hall–Kier alpha value is -0.120. The maximum Gasteiger partial charge on any atom is 0.312 e. The number of carbonyl (C=O) groups is 1. The van der Waals surface area contributed by atoms with Crippen LogP contribution in [0.4, 0.5) is 0 Å². The van der Waals surface area contributed by atoms with Crippen LogP contribution in [0.5, 0.6) is 0 Å². The summed E-state index contributed by atoms with van der Waals surface area (Å²) in [4.78, 5) is 17.1. The average molecular weight is 659 g/mol. The van der Waals surface area contributed by atoms with Crippen LogP contribution in [-0.4, -0.2) is 122 Å². The van der Waals surface area contributed by atoms with Gasteiger partial charge >= 0.3 is 5.97 Å². The Morgan fingerprint density at radius 3 is 2.26 bits per heavy atom. The first-order chi connectivity index (χ1) is 17.5. The van der Waals surface area contributed by atoms with E-state index in [1.807, 2.05) is 62.5 Å². The molecule has 11 heteroatoms. The second-order valence-corrected chi connectivity index (χ2v) is 13.3. The first-order valence-electron chi connectivity index (χ1n) is 13.8. The lowest BCUT2D eigenvalue weighted by atomic mass is 9.84. The molecule has 0 aromatic rings. The Kier molecular flexibility index (Phi) is 12.7. The molecule has 2 saturated heterocycles. The molecule has 0 aromatic carbocycles. The molecular formula is C27H51IN2O8. The molecule has 10 nitrogen and oxygen atoms in total. The number of hydrogen-bond acceptors (Lipinski definition) is 10. The van der Waals surface area contributed by atoms with Crippen molar-refractivity contribution < 1.29 is 39.4 Å². The smallest absolute Gasteiger partial charge is 0.312 e. The van der Waals surface area contributed by atoms with E-state index < -0.39 is 64.3 Å². The highest BCUT2D eigenvalue weighted by molar-refractivity contribution is 14.1. The van der Waals surface area contributed by atoms with Gasteiger partial charge in [-0.1, -0.05) is 13.8 Å². The second kappa shape index (κ2) is 14.2. The lowest BCUT2D eigenvalue weighted by molar-refractivity contribution is -0.251. The molecule has 2 aliphatic heterocycles. The molecule has 224 valence electrons. The number of esters is 1. The molecule has 2 heterocycles. The fraction of sp³-hybridized carbons (Fsp3) is 0.963. The number of ether oxygens (including phenoxy) is 3. The van der Waals surface area contributed by atoms with Crippen LogP contribution in [0.15, 0.2) is 0 Å². The van der Waals surface area contributed by atoms with E-state index in [-0.39, 0.29) is 18.1 Å². The Morgan fingerprint density at radius 1 is 1.08 bits per heavy atom. The highest BCUT2D eigenvalue weighted by Crippen LogP contribution is 2.33. The average Bonchev–Trinajstić information content (AvgIpc) is 2.83. The fourth-order valence-corrected chi connectivity index (χ4v) is 6.20. The number of alkyl halides is 1. The molecule has 2 aliphatic rings. The second-order valence-electron chi connectivity index (χ2n) is 12.2. The molecule has 38 heavy (non-hydrogen) atoms. The van der Waals surface area contributed by atoms with E-state index in [1.165, 1.54) is 6.92 Å². The van der Waals surface area contributed by atoms with Gasteiger partial charge in [0, 0.05) is 31.0 Å². The van der Waals surface area contributed by atoms with E-state index in [2.05, 4.69) is 4.90 Å². The number of nitrogens with zero attached hydrogens (tertiary/aromatic N) is 2. The molecule has 0 amide bonds. The summed E-state index contributed by atoms with van der Waals surface area (Å²) in [7, 11) is 5.89. The summed E-state index contributed by atoms with van der Waals surface area (Å²) in [6, 6.07) is -0.203. The van der Waals surface area contributed by atoms with Crippen molar-refractivity contribution in [3.63, 3.8) is 0 Å². The topological polar surface area (TPSA) is 132 Å². The maximum atomic E-state index is 13.0. The minimum atomic E-state index is -1.73. The van der Waals surface area contributed by atoms with Gasteiger partial charge in [-0.05, 0) is 90.2 Å². The molecule has 0 unspecified atom stereocenters. The van der Waals surface area contributed by atoms with Gasteiger partial charge in [0.15, 0.2) is 10.4 Å². The van der Waals surface area contributed by atoms with Crippen molar-refractivity contribution in [2.75, 3.05) is 27.7 Å². The molecule has 0 saturated carbocycles. The zero-order valence-electron chi connectivity index (χ0n) is 24.5. The van der Waals surface area contributed by atoms with Gasteiger partial charge in [0.05, 0.1) is 30.3 Å². The normalized spacial score (nSPS) is 47.3. The molecule has 0 radical (unpaired) electrons. The number of aliphatic hydroxyl groups excluding tert-OH is 3. The molecule has 0 bridgehead atoms. The highest BCUT2D eigenvalue weighted by Gasteiger charge is 2.46. The third kappa shape index (κ3) is 8.45. The quantitative estimate of drug-likeness (QED) is 0.202. The number of cyclic esters (lactones) is 1. The van der Waals surface area contributed by atoms with Crippen molar-refractivity contribution in [1.29, 1.82) is 0 Å². The van der Waals surface area contributed by atoms with E-state index in [4.69, 9.17) is 14.2 Å². The zero-order valence-corrected chi connectivity index (χ0v) is 26.6. The molecule has 2 rings (SSSR count). The lowest BCUT2D eigenvalue weighted by Gasteiger charge is -2.41. The molecule has 0 aliphatic carbocycles. The van der Waals surface area contributed by atoms with E-state index in [1.54, 1.807) is 20.8 Å². The number of aliphatic hydroxyl groups is 4.